The summed E-state index contributed by atoms with van der Waals surface area (Å²) < 4.78 is 0. The first-order valence-corrected chi connectivity index (χ1v) is 7.38. The van der Waals surface area contributed by atoms with Gasteiger partial charge in [-0.3, -0.25) is 4.98 Å². The fraction of sp³-hybridized carbons (Fsp3) is 0.235. The molecule has 21 heavy (non-hydrogen) atoms. The zero-order valence-electron chi connectivity index (χ0n) is 12.0. The second-order valence-corrected chi connectivity index (χ2v) is 5.90. The third-order valence-corrected chi connectivity index (χ3v) is 3.47. The van der Waals surface area contributed by atoms with E-state index >= 15 is 0 Å². The SMILES string of the molecule is CC(C)Cc1cc(Cl)nc(-c2cncc3ccccc23)n1. The van der Waals surface area contributed by atoms with Gasteiger partial charge in [0.05, 0.1) is 0 Å². The molecule has 2 aromatic heterocycles. The minimum atomic E-state index is 0.476. The molecule has 0 fully saturated rings. The van der Waals surface area contributed by atoms with Crippen LogP contribution in [0.25, 0.3) is 22.2 Å². The van der Waals surface area contributed by atoms with Crippen LogP contribution in [0.5, 0.6) is 0 Å². The molecule has 0 N–H and O–H groups in total. The average Bonchev–Trinajstić information content (AvgIpc) is 2.45. The van der Waals surface area contributed by atoms with E-state index in [9.17, 15) is 0 Å². The second kappa shape index (κ2) is 5.78. The number of aromatic nitrogens is 3. The van der Waals surface area contributed by atoms with Gasteiger partial charge in [-0.2, -0.15) is 0 Å². The van der Waals surface area contributed by atoms with E-state index in [1.807, 2.05) is 30.5 Å². The highest BCUT2D eigenvalue weighted by Gasteiger charge is 2.10. The number of nitrogens with zero attached hydrogens (tertiary/aromatic N) is 3. The van der Waals surface area contributed by atoms with E-state index in [4.69, 9.17) is 11.6 Å². The molecule has 4 heteroatoms. The first kappa shape index (κ1) is 14.0. The van der Waals surface area contributed by atoms with E-state index in [0.717, 1.165) is 28.5 Å². The highest BCUT2D eigenvalue weighted by atomic mass is 35.5. The van der Waals surface area contributed by atoms with Crippen molar-refractivity contribution in [3.05, 3.63) is 53.6 Å². The van der Waals surface area contributed by atoms with E-state index < -0.39 is 0 Å². The van der Waals surface area contributed by atoms with Crippen LogP contribution < -0.4 is 0 Å². The van der Waals surface area contributed by atoms with E-state index in [1.54, 1.807) is 6.20 Å². The topological polar surface area (TPSA) is 38.7 Å². The van der Waals surface area contributed by atoms with E-state index in [2.05, 4.69) is 34.9 Å². The molecule has 0 aliphatic rings. The normalized spacial score (nSPS) is 11.2. The van der Waals surface area contributed by atoms with Crippen molar-refractivity contribution in [1.29, 1.82) is 0 Å². The summed E-state index contributed by atoms with van der Waals surface area (Å²) >= 11 is 6.16. The minimum Gasteiger partial charge on any atom is -0.263 e. The Labute approximate surface area is 129 Å². The summed E-state index contributed by atoms with van der Waals surface area (Å²) in [6, 6.07) is 9.93. The number of benzene rings is 1. The van der Waals surface area contributed by atoms with Crippen LogP contribution in [0, 0.1) is 5.92 Å². The summed E-state index contributed by atoms with van der Waals surface area (Å²) in [5, 5.41) is 2.64. The van der Waals surface area contributed by atoms with Gasteiger partial charge in [-0.25, -0.2) is 9.97 Å². The average molecular weight is 298 g/mol. The van der Waals surface area contributed by atoms with Crippen molar-refractivity contribution in [2.24, 2.45) is 5.92 Å². The van der Waals surface area contributed by atoms with Gasteiger partial charge in [0.2, 0.25) is 0 Å². The lowest BCUT2D eigenvalue weighted by Crippen LogP contribution is -2.01. The Kier molecular flexibility index (Phi) is 3.84. The monoisotopic (exact) mass is 297 g/mol. The summed E-state index contributed by atoms with van der Waals surface area (Å²) in [6.45, 7) is 4.32. The van der Waals surface area contributed by atoms with Gasteiger partial charge in [-0.05, 0) is 23.8 Å². The van der Waals surface area contributed by atoms with Crippen LogP contribution in [0.3, 0.4) is 0 Å². The Morgan fingerprint density at radius 1 is 1.10 bits per heavy atom. The van der Waals surface area contributed by atoms with Crippen LogP contribution in [-0.2, 0) is 6.42 Å². The third kappa shape index (κ3) is 3.03. The molecular formula is C17H16ClN3. The molecule has 0 radical (unpaired) electrons. The maximum absolute atomic E-state index is 6.16. The van der Waals surface area contributed by atoms with Crippen LogP contribution in [-0.4, -0.2) is 15.0 Å². The summed E-state index contributed by atoms with van der Waals surface area (Å²) in [5.41, 5.74) is 1.88. The number of rotatable bonds is 3. The predicted octanol–water partition coefficient (Wildman–Crippen LogP) is 4.54. The summed E-state index contributed by atoms with van der Waals surface area (Å²) in [5.74, 6) is 1.16. The maximum atomic E-state index is 6.16. The molecule has 0 saturated heterocycles. The van der Waals surface area contributed by atoms with E-state index in [0.29, 0.717) is 16.9 Å². The Balaban J connectivity index is 2.16. The fourth-order valence-corrected chi connectivity index (χ4v) is 2.61. The molecule has 3 rings (SSSR count). The molecule has 106 valence electrons. The van der Waals surface area contributed by atoms with Gasteiger partial charge in [0.15, 0.2) is 5.82 Å². The number of hydrogen-bond donors (Lipinski definition) is 0. The second-order valence-electron chi connectivity index (χ2n) is 5.51. The molecule has 0 aliphatic carbocycles. The zero-order valence-corrected chi connectivity index (χ0v) is 12.8. The Hall–Kier alpha value is -2.00. The minimum absolute atomic E-state index is 0.476. The molecule has 0 atom stereocenters. The lowest BCUT2D eigenvalue weighted by Gasteiger charge is -2.09. The lowest BCUT2D eigenvalue weighted by molar-refractivity contribution is 0.634. The zero-order chi connectivity index (χ0) is 14.8. The largest absolute Gasteiger partial charge is 0.263 e. The van der Waals surface area contributed by atoms with Crippen molar-refractivity contribution in [3.8, 4) is 11.4 Å². The molecule has 0 aliphatic heterocycles. The molecular weight excluding hydrogens is 282 g/mol. The first-order valence-electron chi connectivity index (χ1n) is 7.00. The predicted molar refractivity (Wildman–Crippen MR) is 86.3 cm³/mol. The molecule has 0 spiro atoms. The van der Waals surface area contributed by atoms with Gasteiger partial charge >= 0.3 is 0 Å². The molecule has 0 saturated carbocycles. The quantitative estimate of drug-likeness (QED) is 0.666. The molecule has 2 heterocycles. The Bertz CT molecular complexity index is 779. The molecule has 0 bridgehead atoms. The molecule has 3 nitrogen and oxygen atoms in total. The highest BCUT2D eigenvalue weighted by molar-refractivity contribution is 6.29. The molecule has 0 amide bonds. The van der Waals surface area contributed by atoms with Crippen LogP contribution in [0.1, 0.15) is 19.5 Å². The Morgan fingerprint density at radius 3 is 2.71 bits per heavy atom. The van der Waals surface area contributed by atoms with Gasteiger partial charge in [-0.15, -0.1) is 0 Å². The fourth-order valence-electron chi connectivity index (χ4n) is 2.40. The smallest absolute Gasteiger partial charge is 0.163 e. The number of fused-ring (bicyclic) bond motifs is 1. The van der Waals surface area contributed by atoms with Crippen molar-refractivity contribution in [2.75, 3.05) is 0 Å². The van der Waals surface area contributed by atoms with Gasteiger partial charge < -0.3 is 0 Å². The van der Waals surface area contributed by atoms with E-state index in [1.165, 1.54) is 0 Å². The van der Waals surface area contributed by atoms with Crippen LogP contribution in [0.4, 0.5) is 0 Å². The highest BCUT2D eigenvalue weighted by Crippen LogP contribution is 2.26. The summed E-state index contributed by atoms with van der Waals surface area (Å²) in [6.07, 6.45) is 4.53. The van der Waals surface area contributed by atoms with Crippen molar-refractivity contribution in [3.63, 3.8) is 0 Å². The standard InChI is InChI=1S/C17H16ClN3/c1-11(2)7-13-8-16(18)21-17(20-13)15-10-19-9-12-5-3-4-6-14(12)15/h3-6,8-11H,7H2,1-2H3. The lowest BCUT2D eigenvalue weighted by atomic mass is 10.1. The van der Waals surface area contributed by atoms with Gasteiger partial charge in [0.1, 0.15) is 5.15 Å². The number of halogens is 1. The third-order valence-electron chi connectivity index (χ3n) is 3.27. The van der Waals surface area contributed by atoms with Crippen molar-refractivity contribution < 1.29 is 0 Å². The van der Waals surface area contributed by atoms with Crippen LogP contribution >= 0.6 is 11.6 Å². The van der Waals surface area contributed by atoms with Gasteiger partial charge in [-0.1, -0.05) is 49.7 Å². The van der Waals surface area contributed by atoms with Crippen molar-refractivity contribution in [1.82, 2.24) is 15.0 Å². The van der Waals surface area contributed by atoms with E-state index in [-0.39, 0.29) is 0 Å². The maximum Gasteiger partial charge on any atom is 0.163 e. The van der Waals surface area contributed by atoms with Crippen molar-refractivity contribution in [2.45, 2.75) is 20.3 Å². The number of pyridine rings is 1. The van der Waals surface area contributed by atoms with Gasteiger partial charge in [0.25, 0.3) is 0 Å². The van der Waals surface area contributed by atoms with Crippen LogP contribution in [0.2, 0.25) is 5.15 Å². The summed E-state index contributed by atoms with van der Waals surface area (Å²) in [4.78, 5) is 13.3. The van der Waals surface area contributed by atoms with Crippen LogP contribution in [0.15, 0.2) is 42.7 Å². The van der Waals surface area contributed by atoms with Crippen molar-refractivity contribution >= 4 is 22.4 Å². The first-order chi connectivity index (χ1) is 10.1. The molecule has 3 aromatic rings. The van der Waals surface area contributed by atoms with Gasteiger partial charge in [0, 0.05) is 29.0 Å². The molecule has 1 aromatic carbocycles. The summed E-state index contributed by atoms with van der Waals surface area (Å²) in [7, 11) is 0. The Morgan fingerprint density at radius 2 is 1.90 bits per heavy atom. The number of hydrogen-bond acceptors (Lipinski definition) is 3. The molecule has 0 unspecified atom stereocenters.